The first-order chi connectivity index (χ1) is 13.3. The number of aromatic amines is 1. The van der Waals surface area contributed by atoms with Crippen LogP contribution in [0.25, 0.3) is 16.7 Å². The number of benzene rings is 1. The SMILES string of the molecule is CC(C)(C)c1nnc2c(C(=O)NCCc3nc4ccccc4[nH]3)cc(Br)cn12. The number of para-hydroxylation sites is 2. The standard InChI is InChI=1S/C20H21BrN6O/c1-20(2,3)19-26-25-17-13(10-12(21)11-27(17)19)18(28)22-9-8-16-23-14-6-4-5-7-15(14)24-16/h4-7,10-11H,8-9H2,1-3H3,(H,22,28)(H,23,24). The van der Waals surface area contributed by atoms with Crippen molar-refractivity contribution in [1.29, 1.82) is 0 Å². The van der Waals surface area contributed by atoms with Crippen molar-refractivity contribution in [3.05, 3.63) is 58.2 Å². The van der Waals surface area contributed by atoms with Crippen molar-refractivity contribution < 1.29 is 4.79 Å². The minimum absolute atomic E-state index is 0.185. The Morgan fingerprint density at radius 1 is 1.25 bits per heavy atom. The summed E-state index contributed by atoms with van der Waals surface area (Å²) < 4.78 is 2.67. The molecule has 0 atom stereocenters. The maximum atomic E-state index is 12.8. The van der Waals surface area contributed by atoms with Gasteiger partial charge < -0.3 is 10.3 Å². The average molecular weight is 441 g/mol. The molecular formula is C20H21BrN6O. The molecule has 144 valence electrons. The van der Waals surface area contributed by atoms with Crippen molar-refractivity contribution in [3.63, 3.8) is 0 Å². The van der Waals surface area contributed by atoms with Gasteiger partial charge in [0.1, 0.15) is 11.6 Å². The Bertz CT molecular complexity index is 1140. The highest BCUT2D eigenvalue weighted by molar-refractivity contribution is 9.10. The monoisotopic (exact) mass is 440 g/mol. The summed E-state index contributed by atoms with van der Waals surface area (Å²) in [6.45, 7) is 6.67. The lowest BCUT2D eigenvalue weighted by Crippen LogP contribution is -2.26. The van der Waals surface area contributed by atoms with Crippen LogP contribution in [0.1, 0.15) is 42.8 Å². The third-order valence-corrected chi connectivity index (χ3v) is 4.91. The zero-order chi connectivity index (χ0) is 19.9. The van der Waals surface area contributed by atoms with Crippen molar-refractivity contribution in [1.82, 2.24) is 29.9 Å². The van der Waals surface area contributed by atoms with Crippen LogP contribution in [0.15, 0.2) is 41.0 Å². The molecule has 4 rings (SSSR count). The summed E-state index contributed by atoms with van der Waals surface area (Å²) in [6, 6.07) is 9.64. The van der Waals surface area contributed by atoms with Crippen molar-refractivity contribution in [2.45, 2.75) is 32.6 Å². The Kier molecular flexibility index (Phi) is 4.66. The predicted molar refractivity (Wildman–Crippen MR) is 112 cm³/mol. The van der Waals surface area contributed by atoms with E-state index in [-0.39, 0.29) is 11.3 Å². The molecule has 0 aliphatic rings. The third kappa shape index (κ3) is 3.52. The number of pyridine rings is 1. The molecule has 0 aliphatic heterocycles. The number of nitrogens with one attached hydrogen (secondary N) is 2. The van der Waals surface area contributed by atoms with E-state index in [1.165, 1.54) is 0 Å². The Hall–Kier alpha value is -2.74. The van der Waals surface area contributed by atoms with E-state index in [1.54, 1.807) is 6.07 Å². The van der Waals surface area contributed by atoms with E-state index in [9.17, 15) is 4.79 Å². The highest BCUT2D eigenvalue weighted by Gasteiger charge is 2.23. The van der Waals surface area contributed by atoms with E-state index in [4.69, 9.17) is 0 Å². The third-order valence-electron chi connectivity index (χ3n) is 4.47. The number of halogens is 1. The van der Waals surface area contributed by atoms with E-state index in [0.29, 0.717) is 24.2 Å². The van der Waals surface area contributed by atoms with E-state index in [0.717, 1.165) is 27.2 Å². The van der Waals surface area contributed by atoms with Crippen molar-refractivity contribution in [2.24, 2.45) is 0 Å². The smallest absolute Gasteiger partial charge is 0.255 e. The van der Waals surface area contributed by atoms with Crippen molar-refractivity contribution in [3.8, 4) is 0 Å². The molecule has 0 saturated heterocycles. The van der Waals surface area contributed by atoms with Gasteiger partial charge in [0.15, 0.2) is 5.65 Å². The molecule has 7 nitrogen and oxygen atoms in total. The molecular weight excluding hydrogens is 420 g/mol. The number of carbonyl (C=O) groups excluding carboxylic acids is 1. The Balaban J connectivity index is 1.53. The lowest BCUT2D eigenvalue weighted by molar-refractivity contribution is 0.0955. The first-order valence-electron chi connectivity index (χ1n) is 9.09. The van der Waals surface area contributed by atoms with Gasteiger partial charge in [0.2, 0.25) is 0 Å². The van der Waals surface area contributed by atoms with E-state index >= 15 is 0 Å². The molecule has 0 unspecified atom stereocenters. The molecule has 3 heterocycles. The number of nitrogens with zero attached hydrogens (tertiary/aromatic N) is 4. The van der Waals surface area contributed by atoms with Crippen LogP contribution in [0.4, 0.5) is 0 Å². The fourth-order valence-corrected chi connectivity index (χ4v) is 3.59. The van der Waals surface area contributed by atoms with Gasteiger partial charge in [-0.3, -0.25) is 9.20 Å². The molecule has 1 aromatic carbocycles. The molecule has 0 saturated carbocycles. The largest absolute Gasteiger partial charge is 0.351 e. The molecule has 4 aromatic rings. The number of aromatic nitrogens is 5. The van der Waals surface area contributed by atoms with E-state index in [1.807, 2.05) is 34.9 Å². The second-order valence-corrected chi connectivity index (χ2v) is 8.66. The normalized spacial score (nSPS) is 12.0. The van der Waals surface area contributed by atoms with Crippen LogP contribution in [0.5, 0.6) is 0 Å². The minimum Gasteiger partial charge on any atom is -0.351 e. The first kappa shape index (κ1) is 18.6. The molecule has 1 amide bonds. The Morgan fingerprint density at radius 2 is 2.04 bits per heavy atom. The van der Waals surface area contributed by atoms with Crippen LogP contribution >= 0.6 is 15.9 Å². The van der Waals surface area contributed by atoms with E-state index < -0.39 is 0 Å². The van der Waals surface area contributed by atoms with Crippen LogP contribution in [0, 0.1) is 0 Å². The lowest BCUT2D eigenvalue weighted by atomic mass is 9.96. The molecule has 3 aromatic heterocycles. The Labute approximate surface area is 170 Å². The highest BCUT2D eigenvalue weighted by atomic mass is 79.9. The molecule has 0 fully saturated rings. The van der Waals surface area contributed by atoms with Gasteiger partial charge in [0, 0.05) is 29.1 Å². The molecule has 0 bridgehead atoms. The average Bonchev–Trinajstić information content (AvgIpc) is 3.23. The highest BCUT2D eigenvalue weighted by Crippen LogP contribution is 2.24. The number of imidazole rings is 1. The summed E-state index contributed by atoms with van der Waals surface area (Å²) in [5, 5.41) is 11.5. The molecule has 0 aliphatic carbocycles. The van der Waals surface area contributed by atoms with Crippen LogP contribution < -0.4 is 5.32 Å². The predicted octanol–water partition coefficient (Wildman–Crippen LogP) is 3.64. The number of rotatable bonds is 4. The maximum absolute atomic E-state index is 12.8. The number of fused-ring (bicyclic) bond motifs is 2. The van der Waals surface area contributed by atoms with Gasteiger partial charge in [0.05, 0.1) is 16.6 Å². The van der Waals surface area contributed by atoms with Crippen LogP contribution in [-0.4, -0.2) is 37.0 Å². The Morgan fingerprint density at radius 3 is 2.79 bits per heavy atom. The summed E-state index contributed by atoms with van der Waals surface area (Å²) >= 11 is 3.49. The van der Waals surface area contributed by atoms with Gasteiger partial charge in [-0.25, -0.2) is 4.98 Å². The number of amides is 1. The molecule has 28 heavy (non-hydrogen) atoms. The van der Waals surface area contributed by atoms with Crippen LogP contribution in [0.2, 0.25) is 0 Å². The molecule has 2 N–H and O–H groups in total. The van der Waals surface area contributed by atoms with Gasteiger partial charge in [0.25, 0.3) is 5.91 Å². The van der Waals surface area contributed by atoms with Gasteiger partial charge in [-0.1, -0.05) is 32.9 Å². The van der Waals surface area contributed by atoms with Gasteiger partial charge in [-0.2, -0.15) is 0 Å². The number of carbonyl (C=O) groups is 1. The van der Waals surface area contributed by atoms with Crippen LogP contribution in [-0.2, 0) is 11.8 Å². The molecule has 8 heteroatoms. The number of H-pyrrole nitrogens is 1. The topological polar surface area (TPSA) is 88.0 Å². The molecule has 0 spiro atoms. The summed E-state index contributed by atoms with van der Waals surface area (Å²) in [5.41, 5.74) is 2.78. The zero-order valence-corrected chi connectivity index (χ0v) is 17.5. The summed E-state index contributed by atoms with van der Waals surface area (Å²) in [6.07, 6.45) is 2.51. The fourth-order valence-electron chi connectivity index (χ4n) is 3.15. The quantitative estimate of drug-likeness (QED) is 0.506. The number of hydrogen-bond acceptors (Lipinski definition) is 4. The molecule has 0 radical (unpaired) electrons. The number of hydrogen-bond donors (Lipinski definition) is 2. The summed E-state index contributed by atoms with van der Waals surface area (Å²) in [5.74, 6) is 1.47. The maximum Gasteiger partial charge on any atom is 0.255 e. The fraction of sp³-hybridized carbons (Fsp3) is 0.300. The van der Waals surface area contributed by atoms with Gasteiger partial charge in [-0.05, 0) is 34.1 Å². The van der Waals surface area contributed by atoms with E-state index in [2.05, 4.69) is 62.2 Å². The zero-order valence-electron chi connectivity index (χ0n) is 16.0. The lowest BCUT2D eigenvalue weighted by Gasteiger charge is -2.16. The van der Waals surface area contributed by atoms with Gasteiger partial charge >= 0.3 is 0 Å². The van der Waals surface area contributed by atoms with Crippen LogP contribution in [0.3, 0.4) is 0 Å². The summed E-state index contributed by atoms with van der Waals surface area (Å²) in [4.78, 5) is 20.6. The van der Waals surface area contributed by atoms with Crippen molar-refractivity contribution >= 4 is 38.5 Å². The second-order valence-electron chi connectivity index (χ2n) is 7.75. The second kappa shape index (κ2) is 7.01. The first-order valence-corrected chi connectivity index (χ1v) is 9.89. The van der Waals surface area contributed by atoms with Crippen molar-refractivity contribution in [2.75, 3.05) is 6.54 Å². The summed E-state index contributed by atoms with van der Waals surface area (Å²) in [7, 11) is 0. The minimum atomic E-state index is -0.185. The van der Waals surface area contributed by atoms with Gasteiger partial charge in [-0.15, -0.1) is 10.2 Å².